The predicted molar refractivity (Wildman–Crippen MR) is 102 cm³/mol. The van der Waals surface area contributed by atoms with Gasteiger partial charge in [0.25, 0.3) is 0 Å². The lowest BCUT2D eigenvalue weighted by atomic mass is 9.96. The smallest absolute Gasteiger partial charge is 0.369 e. The average molecular weight is 406 g/mol. The number of nitrogens with one attached hydrogen (secondary N) is 1. The molecular formula is C20H21F3N4O2. The molecule has 1 aliphatic carbocycles. The summed E-state index contributed by atoms with van der Waals surface area (Å²) in [6.45, 7) is 5.85. The molecule has 0 radical (unpaired) electrons. The van der Waals surface area contributed by atoms with Gasteiger partial charge in [0.15, 0.2) is 5.65 Å². The minimum absolute atomic E-state index is 0.0372. The molecule has 0 spiro atoms. The number of fused-ring (bicyclic) bond motifs is 1. The number of hydrogen-bond acceptors (Lipinski definition) is 4. The molecule has 6 nitrogen and oxygen atoms in total. The van der Waals surface area contributed by atoms with Gasteiger partial charge in [-0.2, -0.15) is 13.2 Å². The highest BCUT2D eigenvalue weighted by molar-refractivity contribution is 5.94. The second-order valence-corrected chi connectivity index (χ2v) is 8.30. The number of aromatic nitrogens is 3. The number of rotatable bonds is 4. The monoisotopic (exact) mass is 406 g/mol. The molecule has 154 valence electrons. The Kier molecular flexibility index (Phi) is 4.34. The number of halogens is 3. The van der Waals surface area contributed by atoms with Crippen LogP contribution in [-0.2, 0) is 15.7 Å². The van der Waals surface area contributed by atoms with E-state index in [0.29, 0.717) is 5.70 Å². The minimum atomic E-state index is -4.57. The van der Waals surface area contributed by atoms with Crippen molar-refractivity contribution < 1.29 is 22.7 Å². The number of carbonyl (C=O) groups is 1. The maximum absolute atomic E-state index is 13.1. The highest BCUT2D eigenvalue weighted by Crippen LogP contribution is 2.39. The van der Waals surface area contributed by atoms with E-state index in [0.717, 1.165) is 18.9 Å². The quantitative estimate of drug-likeness (QED) is 0.810. The van der Waals surface area contributed by atoms with Crippen LogP contribution >= 0.6 is 0 Å². The van der Waals surface area contributed by atoms with E-state index < -0.39 is 17.5 Å². The molecule has 1 N–H and O–H groups in total. The molecule has 0 bridgehead atoms. The molecule has 1 saturated heterocycles. The SMILES string of the molecule is CC1(C)CCC(C)(CC(=O)Nc2nc3ccc(C(F)(F)F)nc3n2C2=CC=C2)O1. The number of amides is 1. The van der Waals surface area contributed by atoms with Crippen molar-refractivity contribution in [3.63, 3.8) is 0 Å². The number of imidazole rings is 1. The van der Waals surface area contributed by atoms with Crippen LogP contribution in [0.3, 0.4) is 0 Å². The van der Waals surface area contributed by atoms with Crippen LogP contribution in [0, 0.1) is 0 Å². The first-order chi connectivity index (χ1) is 13.5. The lowest BCUT2D eigenvalue weighted by Crippen LogP contribution is -2.33. The van der Waals surface area contributed by atoms with Crippen LogP contribution < -0.4 is 5.32 Å². The number of hydrogen-bond donors (Lipinski definition) is 1. The van der Waals surface area contributed by atoms with Crippen molar-refractivity contribution in [1.82, 2.24) is 14.5 Å². The van der Waals surface area contributed by atoms with Gasteiger partial charge in [0, 0.05) is 0 Å². The molecule has 2 aromatic heterocycles. The van der Waals surface area contributed by atoms with Crippen LogP contribution in [0.25, 0.3) is 16.9 Å². The summed E-state index contributed by atoms with van der Waals surface area (Å²) < 4.78 is 46.7. The number of ether oxygens (including phenoxy) is 1. The fraction of sp³-hybridized carbons (Fsp3) is 0.450. The Balaban J connectivity index is 1.64. The summed E-state index contributed by atoms with van der Waals surface area (Å²) >= 11 is 0. The summed E-state index contributed by atoms with van der Waals surface area (Å²) in [5, 5.41) is 2.72. The van der Waals surface area contributed by atoms with Gasteiger partial charge < -0.3 is 4.74 Å². The van der Waals surface area contributed by atoms with Crippen LogP contribution in [0.2, 0.25) is 0 Å². The number of nitrogens with zero attached hydrogens (tertiary/aromatic N) is 3. The highest BCUT2D eigenvalue weighted by atomic mass is 19.4. The van der Waals surface area contributed by atoms with E-state index >= 15 is 0 Å². The van der Waals surface area contributed by atoms with E-state index in [-0.39, 0.29) is 35.0 Å². The molecule has 1 aliphatic heterocycles. The fourth-order valence-electron chi connectivity index (χ4n) is 3.74. The standard InChI is InChI=1S/C20H21F3N4O2/c1-18(2)9-10-19(3,29-18)11-15(28)26-17-24-13-7-8-14(20(21,22)23)25-16(13)27(17)12-5-4-6-12/h4-8H,9-11H2,1-3H3,(H,24,26,28). The highest BCUT2D eigenvalue weighted by Gasteiger charge is 2.42. The number of allylic oxidation sites excluding steroid dienone is 4. The van der Waals surface area contributed by atoms with Gasteiger partial charge in [0.1, 0.15) is 11.2 Å². The normalized spacial score (nSPS) is 23.2. The molecule has 9 heteroatoms. The Bertz CT molecular complexity index is 1050. The third kappa shape index (κ3) is 3.78. The van der Waals surface area contributed by atoms with Crippen LogP contribution in [0.5, 0.6) is 0 Å². The Labute approximate surface area is 165 Å². The molecule has 1 amide bonds. The summed E-state index contributed by atoms with van der Waals surface area (Å²) in [4.78, 5) is 20.7. The zero-order chi connectivity index (χ0) is 21.0. The van der Waals surface area contributed by atoms with Crippen molar-refractivity contribution in [2.45, 2.75) is 57.4 Å². The van der Waals surface area contributed by atoms with Crippen molar-refractivity contribution in [3.05, 3.63) is 36.1 Å². The molecule has 1 atom stereocenters. The van der Waals surface area contributed by atoms with Crippen LogP contribution in [0.1, 0.15) is 45.7 Å². The molecule has 3 heterocycles. The van der Waals surface area contributed by atoms with E-state index in [9.17, 15) is 18.0 Å². The number of carbonyl (C=O) groups excluding carboxylic acids is 1. The predicted octanol–water partition coefficient (Wildman–Crippen LogP) is 4.54. The maximum Gasteiger partial charge on any atom is 0.433 e. The summed E-state index contributed by atoms with van der Waals surface area (Å²) in [7, 11) is 0. The lowest BCUT2D eigenvalue weighted by molar-refractivity contribution is -0.141. The Hall–Kier alpha value is -2.68. The summed E-state index contributed by atoms with van der Waals surface area (Å²) in [5.74, 6) is -0.185. The number of pyridine rings is 1. The summed E-state index contributed by atoms with van der Waals surface area (Å²) in [6.07, 6.45) is 2.31. The molecule has 29 heavy (non-hydrogen) atoms. The van der Waals surface area contributed by atoms with E-state index in [4.69, 9.17) is 4.74 Å². The summed E-state index contributed by atoms with van der Waals surface area (Å²) in [5.41, 5.74) is -1.00. The third-order valence-corrected chi connectivity index (χ3v) is 5.15. The van der Waals surface area contributed by atoms with Gasteiger partial charge in [0.2, 0.25) is 11.9 Å². The van der Waals surface area contributed by atoms with Crippen molar-refractivity contribution in [2.75, 3.05) is 5.32 Å². The minimum Gasteiger partial charge on any atom is -0.369 e. The van der Waals surface area contributed by atoms with Gasteiger partial charge in [-0.3, -0.25) is 14.7 Å². The first kappa shape index (κ1) is 19.6. The van der Waals surface area contributed by atoms with Gasteiger partial charge in [0.05, 0.1) is 23.3 Å². The molecule has 2 aliphatic rings. The van der Waals surface area contributed by atoms with Crippen molar-refractivity contribution in [3.8, 4) is 0 Å². The van der Waals surface area contributed by atoms with Crippen LogP contribution in [0.4, 0.5) is 19.1 Å². The fourth-order valence-corrected chi connectivity index (χ4v) is 3.74. The molecule has 0 aromatic carbocycles. The lowest BCUT2D eigenvalue weighted by Gasteiger charge is -2.27. The Morgan fingerprint density at radius 1 is 1.24 bits per heavy atom. The second kappa shape index (κ2) is 6.41. The first-order valence-electron chi connectivity index (χ1n) is 9.31. The molecule has 1 fully saturated rings. The van der Waals surface area contributed by atoms with E-state index in [1.54, 1.807) is 18.2 Å². The zero-order valence-corrected chi connectivity index (χ0v) is 16.3. The first-order valence-corrected chi connectivity index (χ1v) is 9.31. The van der Waals surface area contributed by atoms with Crippen molar-refractivity contribution >= 4 is 28.7 Å². The molecule has 2 aromatic rings. The van der Waals surface area contributed by atoms with Crippen LogP contribution in [0.15, 0.2) is 30.4 Å². The van der Waals surface area contributed by atoms with Gasteiger partial charge in [-0.25, -0.2) is 9.97 Å². The second-order valence-electron chi connectivity index (χ2n) is 8.30. The Morgan fingerprint density at radius 3 is 2.52 bits per heavy atom. The van der Waals surface area contributed by atoms with Crippen molar-refractivity contribution in [1.29, 1.82) is 0 Å². The van der Waals surface area contributed by atoms with Gasteiger partial charge in [-0.15, -0.1) is 0 Å². The zero-order valence-electron chi connectivity index (χ0n) is 16.3. The van der Waals surface area contributed by atoms with Crippen LogP contribution in [-0.4, -0.2) is 31.6 Å². The molecule has 4 rings (SSSR count). The topological polar surface area (TPSA) is 69.0 Å². The average Bonchev–Trinajstić information content (AvgIpc) is 3.01. The number of anilines is 1. The third-order valence-electron chi connectivity index (χ3n) is 5.15. The molecule has 0 saturated carbocycles. The Morgan fingerprint density at radius 2 is 1.97 bits per heavy atom. The molecular weight excluding hydrogens is 385 g/mol. The maximum atomic E-state index is 13.1. The van der Waals surface area contributed by atoms with E-state index in [2.05, 4.69) is 15.3 Å². The summed E-state index contributed by atoms with van der Waals surface area (Å²) in [6, 6.07) is 2.13. The van der Waals surface area contributed by atoms with Gasteiger partial charge in [-0.05, 0) is 57.9 Å². The van der Waals surface area contributed by atoms with E-state index in [1.165, 1.54) is 10.6 Å². The van der Waals surface area contributed by atoms with Gasteiger partial charge >= 0.3 is 6.18 Å². The largest absolute Gasteiger partial charge is 0.433 e. The van der Waals surface area contributed by atoms with Crippen molar-refractivity contribution in [2.24, 2.45) is 0 Å². The molecule has 1 unspecified atom stereocenters. The van der Waals surface area contributed by atoms with Gasteiger partial charge in [-0.1, -0.05) is 6.08 Å². The van der Waals surface area contributed by atoms with E-state index in [1.807, 2.05) is 20.8 Å². The number of alkyl halides is 3.